The number of sulfonamides is 1. The maximum absolute atomic E-state index is 12.2. The summed E-state index contributed by atoms with van der Waals surface area (Å²) in [6, 6.07) is 7.17. The van der Waals surface area contributed by atoms with Gasteiger partial charge in [0.25, 0.3) is 0 Å². The lowest BCUT2D eigenvalue weighted by molar-refractivity contribution is 0.0784. The predicted molar refractivity (Wildman–Crippen MR) is 82.9 cm³/mol. The summed E-state index contributed by atoms with van der Waals surface area (Å²) < 4.78 is 32.4. The molecule has 0 radical (unpaired) electrons. The molecule has 2 atom stereocenters. The fraction of sp³-hybridized carbons (Fsp3) is 0.600. The Bertz CT molecular complexity index is 537. The first-order valence-electron chi connectivity index (χ1n) is 7.43. The van der Waals surface area contributed by atoms with E-state index in [4.69, 9.17) is 4.74 Å². The molecule has 0 amide bonds. The van der Waals surface area contributed by atoms with E-state index < -0.39 is 10.0 Å². The molecule has 118 valence electrons. The summed E-state index contributed by atoms with van der Waals surface area (Å²) in [6.07, 6.45) is 1.04. The fourth-order valence-electron chi connectivity index (χ4n) is 2.26. The summed E-state index contributed by atoms with van der Waals surface area (Å²) in [7, 11) is -3.45. The van der Waals surface area contributed by atoms with Gasteiger partial charge in [0.1, 0.15) is 0 Å². The van der Waals surface area contributed by atoms with Crippen molar-refractivity contribution in [2.75, 3.05) is 26.3 Å². The van der Waals surface area contributed by atoms with E-state index in [0.29, 0.717) is 30.6 Å². The first kappa shape index (κ1) is 16.4. The molecule has 1 aromatic carbocycles. The molecular weight excluding hydrogens is 288 g/mol. The van der Waals surface area contributed by atoms with Crippen molar-refractivity contribution in [1.29, 1.82) is 0 Å². The standard InChI is InChI=1S/C15H24N2O3S/c1-3-12(2)13-4-6-15(7-5-13)21(18,19)17-10-14-11-20-9-8-16-14/h4-7,12,14,16-17H,3,8-11H2,1-2H3. The van der Waals surface area contributed by atoms with Crippen LogP contribution in [0.3, 0.4) is 0 Å². The summed E-state index contributed by atoms with van der Waals surface area (Å²) in [4.78, 5) is 0.311. The van der Waals surface area contributed by atoms with Gasteiger partial charge in [-0.1, -0.05) is 26.0 Å². The van der Waals surface area contributed by atoms with Gasteiger partial charge in [-0.2, -0.15) is 0 Å². The van der Waals surface area contributed by atoms with Crippen LogP contribution in [-0.2, 0) is 14.8 Å². The minimum Gasteiger partial charge on any atom is -0.378 e. The number of morpholine rings is 1. The normalized spacial score (nSPS) is 21.1. The minimum atomic E-state index is -3.45. The lowest BCUT2D eigenvalue weighted by atomic mass is 9.99. The van der Waals surface area contributed by atoms with Crippen molar-refractivity contribution in [1.82, 2.24) is 10.0 Å². The minimum absolute atomic E-state index is 0.0351. The first-order valence-corrected chi connectivity index (χ1v) is 8.92. The SMILES string of the molecule is CCC(C)c1ccc(S(=O)(=O)NCC2COCCN2)cc1. The number of hydrogen-bond acceptors (Lipinski definition) is 4. The van der Waals surface area contributed by atoms with E-state index in [0.717, 1.165) is 13.0 Å². The van der Waals surface area contributed by atoms with Gasteiger partial charge in [-0.15, -0.1) is 0 Å². The maximum Gasteiger partial charge on any atom is 0.240 e. The Hall–Kier alpha value is -0.950. The summed E-state index contributed by atoms with van der Waals surface area (Å²) >= 11 is 0. The van der Waals surface area contributed by atoms with E-state index in [2.05, 4.69) is 23.9 Å². The molecule has 2 N–H and O–H groups in total. The third-order valence-electron chi connectivity index (χ3n) is 3.89. The molecule has 0 aromatic heterocycles. The number of rotatable bonds is 6. The largest absolute Gasteiger partial charge is 0.378 e. The van der Waals surface area contributed by atoms with Crippen molar-refractivity contribution in [3.8, 4) is 0 Å². The Morgan fingerprint density at radius 3 is 2.67 bits per heavy atom. The van der Waals surface area contributed by atoms with Gasteiger partial charge >= 0.3 is 0 Å². The van der Waals surface area contributed by atoms with Crippen LogP contribution in [0.15, 0.2) is 29.2 Å². The van der Waals surface area contributed by atoms with Gasteiger partial charge in [0.15, 0.2) is 0 Å². The van der Waals surface area contributed by atoms with Crippen molar-refractivity contribution in [2.45, 2.75) is 37.1 Å². The predicted octanol–water partition coefficient (Wildman–Crippen LogP) is 1.47. The van der Waals surface area contributed by atoms with Crippen LogP contribution in [0.4, 0.5) is 0 Å². The van der Waals surface area contributed by atoms with Crippen LogP contribution in [0, 0.1) is 0 Å². The molecule has 1 fully saturated rings. The third kappa shape index (κ3) is 4.51. The van der Waals surface area contributed by atoms with Crippen molar-refractivity contribution in [2.24, 2.45) is 0 Å². The first-order chi connectivity index (χ1) is 10.0. The summed E-state index contributed by atoms with van der Waals surface area (Å²) in [6.45, 7) is 6.58. The van der Waals surface area contributed by atoms with E-state index in [1.165, 1.54) is 5.56 Å². The van der Waals surface area contributed by atoms with E-state index in [1.807, 2.05) is 12.1 Å². The van der Waals surface area contributed by atoms with Gasteiger partial charge in [0, 0.05) is 19.1 Å². The van der Waals surface area contributed by atoms with Crippen LogP contribution in [0.5, 0.6) is 0 Å². The fourth-order valence-corrected chi connectivity index (χ4v) is 3.34. The molecule has 2 rings (SSSR count). The zero-order valence-electron chi connectivity index (χ0n) is 12.6. The van der Waals surface area contributed by atoms with Crippen LogP contribution in [-0.4, -0.2) is 40.8 Å². The Labute approximate surface area is 127 Å². The number of ether oxygens (including phenoxy) is 1. The van der Waals surface area contributed by atoms with Crippen molar-refractivity contribution in [3.63, 3.8) is 0 Å². The third-order valence-corrected chi connectivity index (χ3v) is 5.33. The second-order valence-corrected chi connectivity index (χ2v) is 7.22. The molecule has 1 aromatic rings. The van der Waals surface area contributed by atoms with Crippen molar-refractivity contribution < 1.29 is 13.2 Å². The second kappa shape index (κ2) is 7.35. The average Bonchev–Trinajstić information content (AvgIpc) is 2.53. The summed E-state index contributed by atoms with van der Waals surface area (Å²) in [5.41, 5.74) is 1.17. The Morgan fingerprint density at radius 1 is 1.38 bits per heavy atom. The van der Waals surface area contributed by atoms with E-state index in [-0.39, 0.29) is 6.04 Å². The van der Waals surface area contributed by atoms with Crippen LogP contribution >= 0.6 is 0 Å². The Balaban J connectivity index is 1.98. The highest BCUT2D eigenvalue weighted by molar-refractivity contribution is 7.89. The lowest BCUT2D eigenvalue weighted by Crippen LogP contribution is -2.48. The van der Waals surface area contributed by atoms with Gasteiger partial charge in [-0.05, 0) is 30.0 Å². The molecule has 0 aliphatic carbocycles. The highest BCUT2D eigenvalue weighted by Gasteiger charge is 2.18. The molecule has 1 saturated heterocycles. The zero-order valence-corrected chi connectivity index (χ0v) is 13.4. The van der Waals surface area contributed by atoms with Gasteiger partial charge in [-0.25, -0.2) is 13.1 Å². The molecule has 0 spiro atoms. The van der Waals surface area contributed by atoms with Crippen LogP contribution < -0.4 is 10.0 Å². The smallest absolute Gasteiger partial charge is 0.240 e. The van der Waals surface area contributed by atoms with Gasteiger partial charge in [-0.3, -0.25) is 0 Å². The Morgan fingerprint density at radius 2 is 2.10 bits per heavy atom. The lowest BCUT2D eigenvalue weighted by Gasteiger charge is -2.23. The van der Waals surface area contributed by atoms with Crippen LogP contribution in [0.2, 0.25) is 0 Å². The molecule has 0 saturated carbocycles. The van der Waals surface area contributed by atoms with Crippen LogP contribution in [0.1, 0.15) is 31.7 Å². The summed E-state index contributed by atoms with van der Waals surface area (Å²) in [5, 5.41) is 3.22. The molecular formula is C15H24N2O3S. The molecule has 1 aliphatic rings. The highest BCUT2D eigenvalue weighted by atomic mass is 32.2. The molecule has 5 nitrogen and oxygen atoms in total. The van der Waals surface area contributed by atoms with Gasteiger partial charge in [0.05, 0.1) is 18.1 Å². The molecule has 6 heteroatoms. The molecule has 0 bridgehead atoms. The van der Waals surface area contributed by atoms with E-state index in [9.17, 15) is 8.42 Å². The van der Waals surface area contributed by atoms with Crippen molar-refractivity contribution in [3.05, 3.63) is 29.8 Å². The van der Waals surface area contributed by atoms with Crippen LogP contribution in [0.25, 0.3) is 0 Å². The summed E-state index contributed by atoms with van der Waals surface area (Å²) in [5.74, 6) is 0.443. The highest BCUT2D eigenvalue weighted by Crippen LogP contribution is 2.20. The Kier molecular flexibility index (Phi) is 5.75. The van der Waals surface area contributed by atoms with Gasteiger partial charge in [0.2, 0.25) is 10.0 Å². The topological polar surface area (TPSA) is 67.4 Å². The number of benzene rings is 1. The van der Waals surface area contributed by atoms with Crippen molar-refractivity contribution >= 4 is 10.0 Å². The average molecular weight is 312 g/mol. The monoisotopic (exact) mass is 312 g/mol. The molecule has 1 aliphatic heterocycles. The second-order valence-electron chi connectivity index (χ2n) is 5.46. The van der Waals surface area contributed by atoms with E-state index in [1.54, 1.807) is 12.1 Å². The maximum atomic E-state index is 12.2. The number of hydrogen-bond donors (Lipinski definition) is 2. The molecule has 2 unspecified atom stereocenters. The van der Waals surface area contributed by atoms with E-state index >= 15 is 0 Å². The quantitative estimate of drug-likeness (QED) is 0.835. The molecule has 21 heavy (non-hydrogen) atoms. The number of nitrogens with one attached hydrogen (secondary N) is 2. The zero-order chi connectivity index (χ0) is 15.3. The van der Waals surface area contributed by atoms with Gasteiger partial charge < -0.3 is 10.1 Å². The molecule has 1 heterocycles.